The van der Waals surface area contributed by atoms with Crippen LogP contribution in [-0.4, -0.2) is 12.0 Å². The van der Waals surface area contributed by atoms with Gasteiger partial charge >= 0.3 is 0 Å². The number of rotatable bonds is 5. The smallest absolute Gasteiger partial charge is 0.0795 e. The number of aryl methyl sites for hydroxylation is 1. The van der Waals surface area contributed by atoms with E-state index in [0.29, 0.717) is 6.04 Å². The molecule has 1 atom stereocenters. The first-order valence-corrected chi connectivity index (χ1v) is 7.22. The number of aromatic nitrogens is 1. The van der Waals surface area contributed by atoms with Crippen molar-refractivity contribution < 1.29 is 0 Å². The maximum atomic E-state index is 4.37. The molecule has 0 bridgehead atoms. The topological polar surface area (TPSA) is 24.9 Å². The molecule has 2 heterocycles. The van der Waals surface area contributed by atoms with Gasteiger partial charge in [0.05, 0.1) is 17.2 Å². The van der Waals surface area contributed by atoms with E-state index in [1.165, 1.54) is 9.75 Å². The van der Waals surface area contributed by atoms with Crippen LogP contribution in [0.25, 0.3) is 0 Å². The van der Waals surface area contributed by atoms with Crippen molar-refractivity contribution >= 4 is 22.7 Å². The van der Waals surface area contributed by atoms with E-state index < -0.39 is 0 Å². The largest absolute Gasteiger partial charge is 0.311 e. The van der Waals surface area contributed by atoms with E-state index in [1.807, 2.05) is 23.9 Å². The highest BCUT2D eigenvalue weighted by Gasteiger charge is 2.12. The molecule has 2 aromatic heterocycles. The fourth-order valence-electron chi connectivity index (χ4n) is 1.67. The van der Waals surface area contributed by atoms with E-state index in [4.69, 9.17) is 0 Å². The molecular weight excluding hydrogens is 236 g/mol. The highest BCUT2D eigenvalue weighted by atomic mass is 32.1. The number of hydrogen-bond acceptors (Lipinski definition) is 4. The summed E-state index contributed by atoms with van der Waals surface area (Å²) in [6.07, 6.45) is 2.16. The third-order valence-corrected chi connectivity index (χ3v) is 4.48. The second-order valence-corrected chi connectivity index (χ2v) is 5.65. The number of likely N-dealkylation sites (N-methyl/N-ethyl adjacent to an activating group) is 1. The molecule has 2 aromatic rings. The first-order chi connectivity index (χ1) is 7.83. The summed E-state index contributed by atoms with van der Waals surface area (Å²) in [6.45, 7) is 2.20. The van der Waals surface area contributed by atoms with Crippen molar-refractivity contribution in [1.82, 2.24) is 10.3 Å². The predicted octanol–water partition coefficient (Wildman–Crippen LogP) is 3.27. The molecule has 4 heteroatoms. The van der Waals surface area contributed by atoms with Gasteiger partial charge in [0.1, 0.15) is 0 Å². The Labute approximate surface area is 104 Å². The third kappa shape index (κ3) is 2.70. The van der Waals surface area contributed by atoms with Crippen LogP contribution in [-0.2, 0) is 12.8 Å². The van der Waals surface area contributed by atoms with Crippen LogP contribution >= 0.6 is 22.7 Å². The van der Waals surface area contributed by atoms with Gasteiger partial charge in [0, 0.05) is 21.6 Å². The minimum Gasteiger partial charge on any atom is -0.311 e. The van der Waals surface area contributed by atoms with Crippen LogP contribution in [0.4, 0.5) is 0 Å². The van der Waals surface area contributed by atoms with E-state index in [0.717, 1.165) is 18.5 Å². The van der Waals surface area contributed by atoms with Crippen LogP contribution in [0.1, 0.15) is 28.4 Å². The van der Waals surface area contributed by atoms with Gasteiger partial charge in [0.2, 0.25) is 0 Å². The van der Waals surface area contributed by atoms with Crippen LogP contribution in [0.2, 0.25) is 0 Å². The Morgan fingerprint density at radius 2 is 2.19 bits per heavy atom. The normalized spacial score (nSPS) is 12.9. The zero-order chi connectivity index (χ0) is 11.4. The van der Waals surface area contributed by atoms with Gasteiger partial charge in [-0.1, -0.05) is 6.92 Å². The van der Waals surface area contributed by atoms with Gasteiger partial charge in [0.25, 0.3) is 0 Å². The maximum absolute atomic E-state index is 4.37. The van der Waals surface area contributed by atoms with Crippen LogP contribution in [0.15, 0.2) is 23.0 Å². The van der Waals surface area contributed by atoms with Gasteiger partial charge in [0.15, 0.2) is 0 Å². The summed E-state index contributed by atoms with van der Waals surface area (Å²) in [5.41, 5.74) is 3.05. The number of nitrogens with zero attached hydrogens (tertiary/aromatic N) is 1. The van der Waals surface area contributed by atoms with Crippen LogP contribution < -0.4 is 5.32 Å². The van der Waals surface area contributed by atoms with Crippen molar-refractivity contribution in [3.63, 3.8) is 0 Å². The molecule has 0 aliphatic carbocycles. The van der Waals surface area contributed by atoms with Crippen molar-refractivity contribution in [1.29, 1.82) is 0 Å². The molecule has 0 radical (unpaired) electrons. The Morgan fingerprint density at radius 1 is 1.38 bits per heavy atom. The molecule has 16 heavy (non-hydrogen) atoms. The van der Waals surface area contributed by atoms with Gasteiger partial charge in [-0.3, -0.25) is 0 Å². The molecule has 2 rings (SSSR count). The standard InChI is InChI=1S/C12H16N2S2/c1-3-9-4-5-10(16-9)6-11(13-2)12-7-15-8-14-12/h4-5,7-8,11,13H,3,6H2,1-2H3. The Hall–Kier alpha value is -0.710. The third-order valence-electron chi connectivity index (χ3n) is 2.63. The monoisotopic (exact) mass is 252 g/mol. The molecule has 0 amide bonds. The molecule has 1 unspecified atom stereocenters. The number of thiazole rings is 1. The van der Waals surface area contributed by atoms with E-state index >= 15 is 0 Å². The van der Waals surface area contributed by atoms with Crippen molar-refractivity contribution in [3.05, 3.63) is 38.5 Å². The SMILES string of the molecule is CCc1ccc(CC(NC)c2cscn2)s1. The molecule has 0 aliphatic rings. The molecule has 2 nitrogen and oxygen atoms in total. The number of nitrogens with one attached hydrogen (secondary N) is 1. The lowest BCUT2D eigenvalue weighted by Gasteiger charge is -2.12. The average molecular weight is 252 g/mol. The Bertz CT molecular complexity index is 420. The van der Waals surface area contributed by atoms with Crippen molar-refractivity contribution in [2.24, 2.45) is 0 Å². The van der Waals surface area contributed by atoms with E-state index in [9.17, 15) is 0 Å². The minimum atomic E-state index is 0.342. The van der Waals surface area contributed by atoms with Gasteiger partial charge in [-0.05, 0) is 25.6 Å². The Balaban J connectivity index is 2.07. The Morgan fingerprint density at radius 3 is 2.75 bits per heavy atom. The zero-order valence-corrected chi connectivity index (χ0v) is 11.2. The molecule has 86 valence electrons. The van der Waals surface area contributed by atoms with Crippen molar-refractivity contribution in [3.8, 4) is 0 Å². The summed E-state index contributed by atoms with van der Waals surface area (Å²) in [5, 5.41) is 5.45. The van der Waals surface area contributed by atoms with E-state index in [2.05, 4.69) is 34.7 Å². The highest BCUT2D eigenvalue weighted by molar-refractivity contribution is 7.12. The predicted molar refractivity (Wildman–Crippen MR) is 71.3 cm³/mol. The van der Waals surface area contributed by atoms with E-state index in [1.54, 1.807) is 11.3 Å². The summed E-state index contributed by atoms with van der Waals surface area (Å²) in [5.74, 6) is 0. The molecule has 1 N–H and O–H groups in total. The molecule has 0 aromatic carbocycles. The highest BCUT2D eigenvalue weighted by Crippen LogP contribution is 2.23. The van der Waals surface area contributed by atoms with Gasteiger partial charge in [-0.2, -0.15) is 0 Å². The van der Waals surface area contributed by atoms with Gasteiger partial charge < -0.3 is 5.32 Å². The minimum absolute atomic E-state index is 0.342. The van der Waals surface area contributed by atoms with Gasteiger partial charge in [-0.15, -0.1) is 22.7 Å². The van der Waals surface area contributed by atoms with Crippen molar-refractivity contribution in [2.75, 3.05) is 7.05 Å². The lowest BCUT2D eigenvalue weighted by Crippen LogP contribution is -2.18. The second-order valence-electron chi connectivity index (χ2n) is 3.68. The molecule has 0 aliphatic heterocycles. The summed E-state index contributed by atoms with van der Waals surface area (Å²) < 4.78 is 0. The van der Waals surface area contributed by atoms with Crippen LogP contribution in [0.5, 0.6) is 0 Å². The first kappa shape index (κ1) is 11.8. The summed E-state index contributed by atoms with van der Waals surface area (Å²) in [4.78, 5) is 7.27. The quantitative estimate of drug-likeness (QED) is 0.883. The first-order valence-electron chi connectivity index (χ1n) is 5.46. The van der Waals surface area contributed by atoms with Gasteiger partial charge in [-0.25, -0.2) is 4.98 Å². The maximum Gasteiger partial charge on any atom is 0.0795 e. The number of hydrogen-bond donors (Lipinski definition) is 1. The lowest BCUT2D eigenvalue weighted by molar-refractivity contribution is 0.583. The Kier molecular flexibility index (Phi) is 4.09. The van der Waals surface area contributed by atoms with Crippen LogP contribution in [0.3, 0.4) is 0 Å². The summed E-state index contributed by atoms with van der Waals surface area (Å²) in [6, 6.07) is 4.81. The molecule has 0 saturated heterocycles. The molecule has 0 spiro atoms. The lowest BCUT2D eigenvalue weighted by atomic mass is 10.1. The van der Waals surface area contributed by atoms with E-state index in [-0.39, 0.29) is 0 Å². The summed E-state index contributed by atoms with van der Waals surface area (Å²) in [7, 11) is 2.00. The van der Waals surface area contributed by atoms with Crippen molar-refractivity contribution in [2.45, 2.75) is 25.8 Å². The zero-order valence-electron chi connectivity index (χ0n) is 9.56. The molecular formula is C12H16N2S2. The summed E-state index contributed by atoms with van der Waals surface area (Å²) >= 11 is 3.57. The average Bonchev–Trinajstić information content (AvgIpc) is 2.96. The fourth-order valence-corrected chi connectivity index (χ4v) is 3.28. The number of thiophene rings is 1. The molecule has 0 fully saturated rings. The van der Waals surface area contributed by atoms with Crippen LogP contribution in [0, 0.1) is 0 Å². The fraction of sp³-hybridized carbons (Fsp3) is 0.417. The molecule has 0 saturated carbocycles. The second kappa shape index (κ2) is 5.57.